The van der Waals surface area contributed by atoms with Crippen molar-refractivity contribution in [3.63, 3.8) is 0 Å². The van der Waals surface area contributed by atoms with Crippen LogP contribution in [-0.2, 0) is 17.7 Å². The third kappa shape index (κ3) is 2.78. The monoisotopic (exact) mass is 392 g/mol. The maximum Gasteiger partial charge on any atom is 0.340 e. The van der Waals surface area contributed by atoms with Crippen LogP contribution >= 0.6 is 0 Å². The molecule has 0 saturated carbocycles. The van der Waals surface area contributed by atoms with Gasteiger partial charge in [-0.05, 0) is 56.2 Å². The van der Waals surface area contributed by atoms with Crippen LogP contribution in [0.2, 0.25) is 0 Å². The number of aryl methyl sites for hydroxylation is 1. The lowest BCUT2D eigenvalue weighted by atomic mass is 9.94. The minimum Gasteiger partial charge on any atom is -0.497 e. The normalized spacial score (nSPS) is 17.8. The van der Waals surface area contributed by atoms with Gasteiger partial charge in [-0.3, -0.25) is 4.90 Å². The summed E-state index contributed by atoms with van der Waals surface area (Å²) in [5.74, 6) is 1.41. The number of nitrogens with one attached hydrogen (secondary N) is 1. The molecule has 0 spiro atoms. The van der Waals surface area contributed by atoms with Crippen LogP contribution < -0.4 is 9.47 Å². The molecule has 2 aliphatic heterocycles. The number of methoxy groups -OCH3 is 1. The molecular formula is C23H24N2O4. The number of fused-ring (bicyclic) bond motifs is 6. The lowest BCUT2D eigenvalue weighted by Gasteiger charge is -2.41. The van der Waals surface area contributed by atoms with Crippen LogP contribution in [0, 0.1) is 6.92 Å². The summed E-state index contributed by atoms with van der Waals surface area (Å²) in [6.45, 7) is 5.71. The van der Waals surface area contributed by atoms with Gasteiger partial charge in [0.25, 0.3) is 0 Å². The highest BCUT2D eigenvalue weighted by molar-refractivity contribution is 6.07. The van der Waals surface area contributed by atoms with Crippen molar-refractivity contribution in [1.82, 2.24) is 9.88 Å². The highest BCUT2D eigenvalue weighted by Crippen LogP contribution is 2.43. The molecule has 0 amide bonds. The first-order valence-corrected chi connectivity index (χ1v) is 9.99. The van der Waals surface area contributed by atoms with Gasteiger partial charge in [0, 0.05) is 40.8 Å². The van der Waals surface area contributed by atoms with E-state index in [2.05, 4.69) is 22.0 Å². The third-order valence-electron chi connectivity index (χ3n) is 5.91. The average molecular weight is 392 g/mol. The Kier molecular flexibility index (Phi) is 4.24. The van der Waals surface area contributed by atoms with Gasteiger partial charge in [-0.1, -0.05) is 0 Å². The van der Waals surface area contributed by atoms with Gasteiger partial charge in [-0.2, -0.15) is 0 Å². The van der Waals surface area contributed by atoms with Crippen molar-refractivity contribution in [1.29, 1.82) is 0 Å². The smallest absolute Gasteiger partial charge is 0.340 e. The number of hydrogen-bond donors (Lipinski definition) is 1. The Balaban J connectivity index is 1.60. The van der Waals surface area contributed by atoms with E-state index in [0.717, 1.165) is 53.2 Å². The number of H-pyrrole nitrogens is 1. The van der Waals surface area contributed by atoms with E-state index >= 15 is 0 Å². The first kappa shape index (κ1) is 18.1. The summed E-state index contributed by atoms with van der Waals surface area (Å²) in [4.78, 5) is 18.3. The second-order valence-electron chi connectivity index (χ2n) is 7.57. The molecule has 0 radical (unpaired) electrons. The van der Waals surface area contributed by atoms with E-state index in [9.17, 15) is 4.79 Å². The predicted molar refractivity (Wildman–Crippen MR) is 109 cm³/mol. The summed E-state index contributed by atoms with van der Waals surface area (Å²) in [6.07, 6.45) is 0.815. The van der Waals surface area contributed by atoms with Crippen molar-refractivity contribution < 1.29 is 19.0 Å². The maximum absolute atomic E-state index is 12.6. The SMILES string of the molecule is CCOC(=O)c1c(C)[nH]c2ccc3c(c12)CN1CCc2cc(OC)ccc2[C@H]1O3. The zero-order chi connectivity index (χ0) is 20.1. The molecule has 150 valence electrons. The molecule has 1 N–H and O–H groups in total. The van der Waals surface area contributed by atoms with E-state index in [1.165, 1.54) is 11.1 Å². The van der Waals surface area contributed by atoms with Gasteiger partial charge in [0.15, 0.2) is 6.23 Å². The minimum atomic E-state index is -0.289. The lowest BCUT2D eigenvalue weighted by Crippen LogP contribution is -2.40. The zero-order valence-electron chi connectivity index (χ0n) is 16.9. The second kappa shape index (κ2) is 6.81. The molecule has 0 fully saturated rings. The molecule has 1 atom stereocenters. The Hall–Kier alpha value is -2.99. The Morgan fingerprint density at radius 2 is 2.17 bits per heavy atom. The molecule has 6 nitrogen and oxygen atoms in total. The summed E-state index contributed by atoms with van der Waals surface area (Å²) in [5.41, 5.74) is 5.86. The van der Waals surface area contributed by atoms with Crippen molar-refractivity contribution in [3.8, 4) is 11.5 Å². The Labute approximate surface area is 169 Å². The third-order valence-corrected chi connectivity index (χ3v) is 5.91. The van der Waals surface area contributed by atoms with Gasteiger partial charge >= 0.3 is 5.97 Å². The molecule has 0 aliphatic carbocycles. The number of nitrogens with zero attached hydrogens (tertiary/aromatic N) is 1. The molecule has 2 aliphatic rings. The fourth-order valence-corrected chi connectivity index (χ4v) is 4.56. The van der Waals surface area contributed by atoms with Gasteiger partial charge < -0.3 is 19.2 Å². The van der Waals surface area contributed by atoms with Crippen LogP contribution in [-0.4, -0.2) is 36.1 Å². The second-order valence-corrected chi connectivity index (χ2v) is 7.57. The van der Waals surface area contributed by atoms with Crippen LogP contribution in [0.5, 0.6) is 11.5 Å². The Bertz CT molecular complexity index is 1120. The maximum atomic E-state index is 12.6. The minimum absolute atomic E-state index is 0.124. The molecular weight excluding hydrogens is 368 g/mol. The first-order valence-electron chi connectivity index (χ1n) is 9.99. The fraction of sp³-hybridized carbons (Fsp3) is 0.348. The number of ether oxygens (including phenoxy) is 3. The fourth-order valence-electron chi connectivity index (χ4n) is 4.56. The molecule has 6 heteroatoms. The molecule has 5 rings (SSSR count). The number of rotatable bonds is 3. The zero-order valence-corrected chi connectivity index (χ0v) is 16.9. The first-order chi connectivity index (χ1) is 14.1. The molecule has 1 aromatic heterocycles. The van der Waals surface area contributed by atoms with Crippen LogP contribution in [0.25, 0.3) is 10.9 Å². The van der Waals surface area contributed by atoms with E-state index in [-0.39, 0.29) is 12.2 Å². The number of esters is 1. The van der Waals surface area contributed by atoms with E-state index in [1.54, 1.807) is 7.11 Å². The van der Waals surface area contributed by atoms with Crippen molar-refractivity contribution in [2.45, 2.75) is 33.0 Å². The van der Waals surface area contributed by atoms with Crippen LogP contribution in [0.3, 0.4) is 0 Å². The Morgan fingerprint density at radius 1 is 1.31 bits per heavy atom. The van der Waals surface area contributed by atoms with Crippen LogP contribution in [0.1, 0.15) is 45.9 Å². The number of benzene rings is 2. The predicted octanol–water partition coefficient (Wildman–Crippen LogP) is 4.11. The van der Waals surface area contributed by atoms with Gasteiger partial charge in [0.05, 0.1) is 19.3 Å². The standard InChI is InChI=1S/C23H24N2O4/c1-4-28-23(26)20-13(2)24-18-7-8-19-17(21(18)20)12-25-10-9-14-11-15(27-3)5-6-16(14)22(25)29-19/h5-8,11,22,24H,4,9-10,12H2,1-3H3/t22-/m1/s1. The topological polar surface area (TPSA) is 63.8 Å². The summed E-state index contributed by atoms with van der Waals surface area (Å²) in [7, 11) is 1.69. The highest BCUT2D eigenvalue weighted by Gasteiger charge is 2.35. The van der Waals surface area contributed by atoms with E-state index < -0.39 is 0 Å². The van der Waals surface area contributed by atoms with E-state index in [4.69, 9.17) is 14.2 Å². The van der Waals surface area contributed by atoms with Crippen molar-refractivity contribution in [2.24, 2.45) is 0 Å². The molecule has 0 bridgehead atoms. The molecule has 3 aromatic rings. The number of aromatic nitrogens is 1. The van der Waals surface area contributed by atoms with Crippen LogP contribution in [0.4, 0.5) is 0 Å². The van der Waals surface area contributed by atoms with Gasteiger partial charge in [-0.25, -0.2) is 4.79 Å². The van der Waals surface area contributed by atoms with Gasteiger partial charge in [-0.15, -0.1) is 0 Å². The number of hydrogen-bond acceptors (Lipinski definition) is 5. The largest absolute Gasteiger partial charge is 0.497 e. The molecule has 0 saturated heterocycles. The molecule has 3 heterocycles. The number of carbonyl (C=O) groups excluding carboxylic acids is 1. The van der Waals surface area contributed by atoms with Crippen molar-refractivity contribution in [2.75, 3.05) is 20.3 Å². The van der Waals surface area contributed by atoms with Crippen molar-refractivity contribution in [3.05, 3.63) is 58.3 Å². The Morgan fingerprint density at radius 3 is 2.97 bits per heavy atom. The lowest BCUT2D eigenvalue weighted by molar-refractivity contribution is -0.00960. The van der Waals surface area contributed by atoms with E-state index in [1.807, 2.05) is 32.0 Å². The van der Waals surface area contributed by atoms with E-state index in [0.29, 0.717) is 12.2 Å². The number of carbonyl (C=O) groups is 1. The van der Waals surface area contributed by atoms with Gasteiger partial charge in [0.2, 0.25) is 0 Å². The van der Waals surface area contributed by atoms with Gasteiger partial charge in [0.1, 0.15) is 11.5 Å². The quantitative estimate of drug-likeness (QED) is 0.680. The highest BCUT2D eigenvalue weighted by atomic mass is 16.5. The van der Waals surface area contributed by atoms with Crippen molar-refractivity contribution >= 4 is 16.9 Å². The summed E-state index contributed by atoms with van der Waals surface area (Å²) < 4.78 is 17.2. The summed E-state index contributed by atoms with van der Waals surface area (Å²) in [6, 6.07) is 10.2. The average Bonchev–Trinajstić information content (AvgIpc) is 3.08. The number of aromatic amines is 1. The molecule has 0 unspecified atom stereocenters. The summed E-state index contributed by atoms with van der Waals surface area (Å²) >= 11 is 0. The summed E-state index contributed by atoms with van der Waals surface area (Å²) in [5, 5.41) is 0.914. The molecule has 2 aromatic carbocycles. The van der Waals surface area contributed by atoms with Crippen LogP contribution in [0.15, 0.2) is 30.3 Å². The molecule has 29 heavy (non-hydrogen) atoms.